The highest BCUT2D eigenvalue weighted by molar-refractivity contribution is 6.34. The number of anilines is 1. The van der Waals surface area contributed by atoms with Crippen molar-refractivity contribution in [1.29, 1.82) is 0 Å². The molecule has 0 unspecified atom stereocenters. The van der Waals surface area contributed by atoms with E-state index in [0.29, 0.717) is 19.4 Å². The maximum Gasteiger partial charge on any atom is 0.339 e. The normalized spacial score (nSPS) is 9.57. The summed E-state index contributed by atoms with van der Waals surface area (Å²) < 4.78 is 4.96. The number of aromatic carboxylic acids is 1. The Morgan fingerprint density at radius 3 is 2.76 bits per heavy atom. The molecule has 0 spiro atoms. The second kappa shape index (κ2) is 8.02. The highest BCUT2D eigenvalue weighted by Crippen LogP contribution is 2.30. The quantitative estimate of drug-likeness (QED) is 0.556. The molecule has 0 aromatic heterocycles. The van der Waals surface area contributed by atoms with Gasteiger partial charge in [0.15, 0.2) is 0 Å². The summed E-state index contributed by atoms with van der Waals surface area (Å²) in [7, 11) is 1.33. The summed E-state index contributed by atoms with van der Waals surface area (Å²) in [6, 6.07) is 2.11. The van der Waals surface area contributed by atoms with E-state index >= 15 is 0 Å². The average Bonchev–Trinajstić information content (AvgIpc) is 2.45. The number of carbonyl (C=O) groups is 2. The molecule has 0 fully saturated rings. The minimum absolute atomic E-state index is 0.0810. The van der Waals surface area contributed by atoms with Crippen LogP contribution in [-0.4, -0.2) is 30.8 Å². The molecule has 2 amide bonds. The van der Waals surface area contributed by atoms with Gasteiger partial charge in [-0.25, -0.2) is 9.59 Å². The van der Waals surface area contributed by atoms with E-state index in [1.165, 1.54) is 19.2 Å². The van der Waals surface area contributed by atoms with Crippen molar-refractivity contribution in [1.82, 2.24) is 5.32 Å². The van der Waals surface area contributed by atoms with Crippen molar-refractivity contribution in [2.45, 2.75) is 12.8 Å². The Kier molecular flexibility index (Phi) is 6.37. The number of methoxy groups -OCH3 is 1. The topological polar surface area (TPSA) is 87.7 Å². The van der Waals surface area contributed by atoms with E-state index in [2.05, 4.69) is 16.6 Å². The van der Waals surface area contributed by atoms with E-state index in [0.717, 1.165) is 0 Å². The van der Waals surface area contributed by atoms with E-state index in [1.54, 1.807) is 0 Å². The van der Waals surface area contributed by atoms with Crippen molar-refractivity contribution in [2.75, 3.05) is 19.0 Å². The monoisotopic (exact) mass is 310 g/mol. The SMILES string of the molecule is C#CCCCNC(=O)Nc1cc(OC)c(C(=O)O)cc1Cl. The molecule has 0 saturated carbocycles. The number of amides is 2. The van der Waals surface area contributed by atoms with Gasteiger partial charge >= 0.3 is 12.0 Å². The summed E-state index contributed by atoms with van der Waals surface area (Å²) in [5, 5.41) is 14.2. The first-order chi connectivity index (χ1) is 9.99. The molecule has 3 N–H and O–H groups in total. The molecule has 0 aliphatic carbocycles. The largest absolute Gasteiger partial charge is 0.496 e. The number of unbranched alkanes of at least 4 members (excludes halogenated alkanes) is 1. The van der Waals surface area contributed by atoms with E-state index in [9.17, 15) is 9.59 Å². The number of hydrogen-bond donors (Lipinski definition) is 3. The van der Waals surface area contributed by atoms with Gasteiger partial charge in [0.2, 0.25) is 0 Å². The van der Waals surface area contributed by atoms with Crippen molar-refractivity contribution in [3.05, 3.63) is 22.7 Å². The summed E-state index contributed by atoms with van der Waals surface area (Å²) in [6.07, 6.45) is 6.34. The maximum atomic E-state index is 11.7. The van der Waals surface area contributed by atoms with Crippen LogP contribution in [0.15, 0.2) is 12.1 Å². The number of carbonyl (C=O) groups excluding carboxylic acids is 1. The fourth-order valence-corrected chi connectivity index (χ4v) is 1.75. The molecule has 0 bridgehead atoms. The minimum Gasteiger partial charge on any atom is -0.496 e. The molecule has 0 atom stereocenters. The maximum absolute atomic E-state index is 11.7. The molecule has 0 aliphatic heterocycles. The standard InChI is InChI=1S/C14H15ClN2O4/c1-3-4-5-6-16-14(20)17-11-8-12(21-2)9(13(18)19)7-10(11)15/h1,7-8H,4-6H2,2H3,(H,18,19)(H2,16,17,20). The number of benzene rings is 1. The number of rotatable bonds is 6. The number of hydrogen-bond acceptors (Lipinski definition) is 3. The van der Waals surface area contributed by atoms with Gasteiger partial charge < -0.3 is 20.5 Å². The molecule has 6 nitrogen and oxygen atoms in total. The van der Waals surface area contributed by atoms with Crippen LogP contribution >= 0.6 is 11.6 Å². The zero-order valence-electron chi connectivity index (χ0n) is 11.4. The lowest BCUT2D eigenvalue weighted by atomic mass is 10.2. The number of urea groups is 1. The molecule has 1 aromatic carbocycles. The van der Waals surface area contributed by atoms with Crippen molar-refractivity contribution in [3.63, 3.8) is 0 Å². The van der Waals surface area contributed by atoms with Gasteiger partial charge in [0, 0.05) is 19.0 Å². The molecule has 0 heterocycles. The van der Waals surface area contributed by atoms with E-state index in [-0.39, 0.29) is 22.0 Å². The lowest BCUT2D eigenvalue weighted by molar-refractivity contribution is 0.0693. The van der Waals surface area contributed by atoms with Crippen LogP contribution in [0.2, 0.25) is 5.02 Å². The van der Waals surface area contributed by atoms with Crippen LogP contribution < -0.4 is 15.4 Å². The van der Waals surface area contributed by atoms with Crippen LogP contribution in [0.25, 0.3) is 0 Å². The lowest BCUT2D eigenvalue weighted by Gasteiger charge is -2.12. The van der Waals surface area contributed by atoms with Gasteiger partial charge in [0.05, 0.1) is 17.8 Å². The van der Waals surface area contributed by atoms with E-state index < -0.39 is 12.0 Å². The van der Waals surface area contributed by atoms with Gasteiger partial charge in [-0.2, -0.15) is 0 Å². The number of ether oxygens (including phenoxy) is 1. The van der Waals surface area contributed by atoms with Crippen molar-refractivity contribution >= 4 is 29.3 Å². The van der Waals surface area contributed by atoms with Crippen LogP contribution in [0.5, 0.6) is 5.75 Å². The minimum atomic E-state index is -1.17. The van der Waals surface area contributed by atoms with Gasteiger partial charge in [-0.05, 0) is 12.5 Å². The molecule has 112 valence electrons. The summed E-state index contributed by atoms with van der Waals surface area (Å²) in [4.78, 5) is 22.7. The Morgan fingerprint density at radius 2 is 2.19 bits per heavy atom. The Balaban J connectivity index is 2.77. The van der Waals surface area contributed by atoms with Gasteiger partial charge in [-0.1, -0.05) is 11.6 Å². The summed E-state index contributed by atoms with van der Waals surface area (Å²) in [5.74, 6) is 1.41. The van der Waals surface area contributed by atoms with Crippen LogP contribution in [0, 0.1) is 12.3 Å². The van der Waals surface area contributed by atoms with Gasteiger partial charge in [0.1, 0.15) is 11.3 Å². The van der Waals surface area contributed by atoms with Crippen molar-refractivity contribution < 1.29 is 19.4 Å². The number of halogens is 1. The lowest BCUT2D eigenvalue weighted by Crippen LogP contribution is -2.29. The van der Waals surface area contributed by atoms with Gasteiger partial charge in [-0.3, -0.25) is 0 Å². The second-order valence-corrected chi connectivity index (χ2v) is 4.43. The molecular formula is C14H15ClN2O4. The first kappa shape index (κ1) is 16.7. The summed E-state index contributed by atoms with van der Waals surface area (Å²) in [6.45, 7) is 0.429. The Labute approximate surface area is 127 Å². The number of carboxylic acids is 1. The molecule has 1 aromatic rings. The van der Waals surface area contributed by atoms with E-state index in [4.69, 9.17) is 27.9 Å². The van der Waals surface area contributed by atoms with Gasteiger partial charge in [-0.15, -0.1) is 12.3 Å². The predicted octanol–water partition coefficient (Wildman–Crippen LogP) is 2.58. The summed E-state index contributed by atoms with van der Waals surface area (Å²) in [5.41, 5.74) is 0.176. The number of terminal acetylenes is 1. The summed E-state index contributed by atoms with van der Waals surface area (Å²) >= 11 is 5.94. The van der Waals surface area contributed by atoms with E-state index in [1.807, 2.05) is 0 Å². The number of nitrogens with one attached hydrogen (secondary N) is 2. The molecule has 21 heavy (non-hydrogen) atoms. The average molecular weight is 311 g/mol. The van der Waals surface area contributed by atoms with Crippen LogP contribution in [0.3, 0.4) is 0 Å². The first-order valence-corrected chi connectivity index (χ1v) is 6.46. The van der Waals surface area contributed by atoms with Crippen LogP contribution in [0.1, 0.15) is 23.2 Å². The first-order valence-electron chi connectivity index (χ1n) is 6.08. The fraction of sp³-hybridized carbons (Fsp3) is 0.286. The van der Waals surface area contributed by atoms with Crippen molar-refractivity contribution in [3.8, 4) is 18.1 Å². The molecule has 1 rings (SSSR count). The molecule has 7 heteroatoms. The van der Waals surface area contributed by atoms with Gasteiger partial charge in [0.25, 0.3) is 0 Å². The highest BCUT2D eigenvalue weighted by Gasteiger charge is 2.16. The Hall–Kier alpha value is -2.39. The predicted molar refractivity (Wildman–Crippen MR) is 80.1 cm³/mol. The third kappa shape index (κ3) is 4.89. The second-order valence-electron chi connectivity index (χ2n) is 4.03. The zero-order valence-corrected chi connectivity index (χ0v) is 12.2. The third-order valence-corrected chi connectivity index (χ3v) is 2.86. The molecule has 0 radical (unpaired) electrons. The molecule has 0 saturated heterocycles. The smallest absolute Gasteiger partial charge is 0.339 e. The third-order valence-electron chi connectivity index (χ3n) is 2.55. The number of carboxylic acid groups (broad SMARTS) is 1. The zero-order chi connectivity index (χ0) is 15.8. The van der Waals surface area contributed by atoms with Crippen molar-refractivity contribution in [2.24, 2.45) is 0 Å². The highest BCUT2D eigenvalue weighted by atomic mass is 35.5. The Morgan fingerprint density at radius 1 is 1.48 bits per heavy atom. The molecule has 0 aliphatic rings. The fourth-order valence-electron chi connectivity index (χ4n) is 1.54. The Bertz CT molecular complexity index is 581. The molecular weight excluding hydrogens is 296 g/mol. The van der Waals surface area contributed by atoms with Crippen LogP contribution in [-0.2, 0) is 0 Å². The van der Waals surface area contributed by atoms with Crippen LogP contribution in [0.4, 0.5) is 10.5 Å².